The Hall–Kier alpha value is -3.82. The van der Waals surface area contributed by atoms with Crippen molar-refractivity contribution in [3.8, 4) is 11.5 Å². The van der Waals surface area contributed by atoms with Gasteiger partial charge in [0.15, 0.2) is 29.2 Å². The Morgan fingerprint density at radius 1 is 1.11 bits per heavy atom. The maximum absolute atomic E-state index is 12.9. The minimum Gasteiger partial charge on any atom is -0.504 e. The zero-order chi connectivity index (χ0) is 32.0. The molecule has 0 radical (unpaired) electrons. The number of Topliss-reactive ketones (excluding diaryl/α,β-unsaturated/α-hetero) is 2. The van der Waals surface area contributed by atoms with Gasteiger partial charge in [-0.25, -0.2) is 0 Å². The summed E-state index contributed by atoms with van der Waals surface area (Å²) < 4.78 is 5.62. The number of nitrogens with one attached hydrogen (secondary N) is 3. The largest absolute Gasteiger partial charge is 0.504 e. The van der Waals surface area contributed by atoms with Crippen LogP contribution in [-0.4, -0.2) is 64.8 Å². The van der Waals surface area contributed by atoms with Gasteiger partial charge in [0.2, 0.25) is 0 Å². The van der Waals surface area contributed by atoms with Crippen LogP contribution in [0.25, 0.3) is 0 Å². The van der Waals surface area contributed by atoms with Gasteiger partial charge in [0.05, 0.1) is 13.7 Å². The molecule has 9 nitrogen and oxygen atoms in total. The number of aliphatic hydroxyl groups is 2. The van der Waals surface area contributed by atoms with Crippen LogP contribution in [0.2, 0.25) is 0 Å². The molecule has 0 amide bonds. The summed E-state index contributed by atoms with van der Waals surface area (Å²) in [6.45, 7) is 3.36. The van der Waals surface area contributed by atoms with Crippen molar-refractivity contribution in [2.45, 2.75) is 83.2 Å². The Labute approximate surface area is 265 Å². The Morgan fingerprint density at radius 2 is 1.91 bits per heavy atom. The number of aromatic hydroxyl groups is 1. The van der Waals surface area contributed by atoms with Crippen LogP contribution < -0.4 is 15.4 Å². The third-order valence-corrected chi connectivity index (χ3v) is 9.47. The number of aryl methyl sites for hydroxylation is 1. The average Bonchev–Trinajstić information content (AvgIpc) is 3.57. The standard InChI is InChI=1S/C36H47N3O6/c1-3-4-5-6-7-10-28(41)34(44)29(42)12-11-23-18-27(33(43)30(19-23)45-2)32-26-14-17-39-35-31(26)24(13-16-38-35)20-36(32,22-40)21-25-9-8-15-37-25/h8-9,14-15,18-20,32,34,37-40,43-44H,3-7,10-13,16-17,21-22H2,1-2H3/t32-,34-,36+/m0/s1. The molecule has 3 aliphatic rings. The number of aromatic nitrogens is 1. The molecule has 3 heterocycles. The Kier molecular flexibility index (Phi) is 10.5. The first kappa shape index (κ1) is 32.6. The number of ketones is 2. The van der Waals surface area contributed by atoms with Crippen LogP contribution in [-0.2, 0) is 22.4 Å². The molecule has 5 rings (SSSR count). The fraction of sp³-hybridized carbons (Fsp3) is 0.500. The number of methoxy groups -OCH3 is 1. The van der Waals surface area contributed by atoms with E-state index in [0.29, 0.717) is 24.9 Å². The van der Waals surface area contributed by atoms with E-state index in [2.05, 4.69) is 34.7 Å². The van der Waals surface area contributed by atoms with Gasteiger partial charge >= 0.3 is 0 Å². The molecule has 2 aliphatic heterocycles. The van der Waals surface area contributed by atoms with E-state index >= 15 is 0 Å². The van der Waals surface area contributed by atoms with Gasteiger partial charge in [-0.2, -0.15) is 0 Å². The average molecular weight is 618 g/mol. The van der Waals surface area contributed by atoms with Crippen molar-refractivity contribution >= 4 is 11.6 Å². The quantitative estimate of drug-likeness (QED) is 0.119. The van der Waals surface area contributed by atoms with Gasteiger partial charge in [-0.3, -0.25) is 9.59 Å². The molecular formula is C36H47N3O6. The smallest absolute Gasteiger partial charge is 0.170 e. The third kappa shape index (κ3) is 6.89. The monoisotopic (exact) mass is 617 g/mol. The lowest BCUT2D eigenvalue weighted by Gasteiger charge is -2.47. The molecule has 1 aliphatic carbocycles. The molecule has 3 atom stereocenters. The molecule has 0 saturated carbocycles. The minimum absolute atomic E-state index is 0.0117. The first-order valence-electron chi connectivity index (χ1n) is 16.3. The number of benzene rings is 1. The number of aromatic amines is 1. The third-order valence-electron chi connectivity index (χ3n) is 9.47. The van der Waals surface area contributed by atoms with E-state index in [1.165, 1.54) is 7.11 Å². The number of phenolic OH excluding ortho intramolecular Hbond substituents is 1. The number of dihydropyridines is 1. The number of hydrogen-bond acceptors (Lipinski definition) is 8. The normalized spacial score (nSPS) is 21.2. The number of aliphatic hydroxyl groups excluding tert-OH is 2. The first-order chi connectivity index (χ1) is 21.8. The first-order valence-corrected chi connectivity index (χ1v) is 16.3. The molecule has 45 heavy (non-hydrogen) atoms. The van der Waals surface area contributed by atoms with Gasteiger partial charge in [-0.05, 0) is 60.6 Å². The van der Waals surface area contributed by atoms with Crippen molar-refractivity contribution in [3.05, 3.63) is 82.0 Å². The number of rotatable bonds is 16. The van der Waals surface area contributed by atoms with Crippen LogP contribution in [0.1, 0.15) is 81.0 Å². The number of phenols is 1. The number of H-pyrrole nitrogens is 1. The number of carbonyl (C=O) groups excluding carboxylic acids is 2. The summed E-state index contributed by atoms with van der Waals surface area (Å²) in [7, 11) is 1.49. The zero-order valence-corrected chi connectivity index (χ0v) is 26.5. The summed E-state index contributed by atoms with van der Waals surface area (Å²) in [5.74, 6) is -0.143. The van der Waals surface area contributed by atoms with E-state index in [-0.39, 0.29) is 37.4 Å². The highest BCUT2D eigenvalue weighted by atomic mass is 16.5. The van der Waals surface area contributed by atoms with Gasteiger partial charge in [0.25, 0.3) is 0 Å². The van der Waals surface area contributed by atoms with Crippen LogP contribution in [0, 0.1) is 5.41 Å². The lowest BCUT2D eigenvalue weighted by atomic mass is 9.59. The van der Waals surface area contributed by atoms with E-state index in [0.717, 1.165) is 72.4 Å². The van der Waals surface area contributed by atoms with E-state index in [1.807, 2.05) is 24.4 Å². The summed E-state index contributed by atoms with van der Waals surface area (Å²) in [6, 6.07) is 7.53. The lowest BCUT2D eigenvalue weighted by Crippen LogP contribution is -2.44. The minimum atomic E-state index is -1.62. The van der Waals surface area contributed by atoms with Crippen LogP contribution >= 0.6 is 0 Å². The molecule has 0 unspecified atom stereocenters. The van der Waals surface area contributed by atoms with Crippen molar-refractivity contribution in [1.29, 1.82) is 0 Å². The predicted octanol–water partition coefficient (Wildman–Crippen LogP) is 4.50. The van der Waals surface area contributed by atoms with Crippen molar-refractivity contribution in [1.82, 2.24) is 15.6 Å². The van der Waals surface area contributed by atoms with Crippen molar-refractivity contribution in [2.75, 3.05) is 26.8 Å². The van der Waals surface area contributed by atoms with E-state index < -0.39 is 29.0 Å². The summed E-state index contributed by atoms with van der Waals surface area (Å²) >= 11 is 0. The molecular weight excluding hydrogens is 570 g/mol. The van der Waals surface area contributed by atoms with Gasteiger partial charge in [-0.15, -0.1) is 0 Å². The van der Waals surface area contributed by atoms with Gasteiger partial charge in [0, 0.05) is 60.3 Å². The number of ether oxygens (including phenoxy) is 1. The van der Waals surface area contributed by atoms with Gasteiger partial charge in [0.1, 0.15) is 5.82 Å². The highest BCUT2D eigenvalue weighted by molar-refractivity contribution is 6.05. The number of carbonyl (C=O) groups is 2. The lowest BCUT2D eigenvalue weighted by molar-refractivity contribution is -0.138. The molecule has 2 aromatic rings. The van der Waals surface area contributed by atoms with Crippen LogP contribution in [0.15, 0.2) is 65.2 Å². The second kappa shape index (κ2) is 14.5. The zero-order valence-electron chi connectivity index (χ0n) is 26.5. The molecule has 1 aromatic heterocycles. The summed E-state index contributed by atoms with van der Waals surface area (Å²) in [6.07, 6.45) is 11.2. The fourth-order valence-electron chi connectivity index (χ4n) is 7.18. The number of allylic oxidation sites excluding steroid dienone is 2. The molecule has 242 valence electrons. The van der Waals surface area contributed by atoms with Crippen molar-refractivity contribution < 1.29 is 29.6 Å². The maximum Gasteiger partial charge on any atom is 0.170 e. The highest BCUT2D eigenvalue weighted by Crippen LogP contribution is 2.57. The van der Waals surface area contributed by atoms with E-state index in [4.69, 9.17) is 4.74 Å². The van der Waals surface area contributed by atoms with E-state index in [1.54, 1.807) is 6.07 Å². The molecule has 0 spiro atoms. The number of unbranched alkanes of at least 4 members (excludes halogenated alkanes) is 4. The predicted molar refractivity (Wildman–Crippen MR) is 173 cm³/mol. The topological polar surface area (TPSA) is 144 Å². The summed E-state index contributed by atoms with van der Waals surface area (Å²) in [5.41, 5.74) is 4.80. The van der Waals surface area contributed by atoms with E-state index in [9.17, 15) is 24.9 Å². The molecule has 1 aromatic carbocycles. The molecule has 9 heteroatoms. The van der Waals surface area contributed by atoms with Gasteiger partial charge < -0.3 is 35.7 Å². The second-order valence-corrected chi connectivity index (χ2v) is 12.6. The summed E-state index contributed by atoms with van der Waals surface area (Å²) in [4.78, 5) is 28.7. The maximum atomic E-state index is 12.9. The number of hydrogen-bond donors (Lipinski definition) is 6. The highest BCUT2D eigenvalue weighted by Gasteiger charge is 2.48. The van der Waals surface area contributed by atoms with Crippen LogP contribution in [0.3, 0.4) is 0 Å². The fourth-order valence-corrected chi connectivity index (χ4v) is 7.18. The Bertz CT molecular complexity index is 1470. The molecule has 6 N–H and O–H groups in total. The van der Waals surface area contributed by atoms with Crippen LogP contribution in [0.4, 0.5) is 0 Å². The Morgan fingerprint density at radius 3 is 2.64 bits per heavy atom. The second-order valence-electron chi connectivity index (χ2n) is 12.6. The molecule has 0 bridgehead atoms. The Balaban J connectivity index is 1.46. The van der Waals surface area contributed by atoms with Crippen molar-refractivity contribution in [2.24, 2.45) is 5.41 Å². The summed E-state index contributed by atoms with van der Waals surface area (Å²) in [5, 5.41) is 40.2. The molecule has 0 saturated heterocycles. The molecule has 0 fully saturated rings. The van der Waals surface area contributed by atoms with Crippen LogP contribution in [0.5, 0.6) is 11.5 Å². The van der Waals surface area contributed by atoms with Crippen molar-refractivity contribution in [3.63, 3.8) is 0 Å². The SMILES string of the molecule is CCCCCCCC(=O)[C@H](O)C(=O)CCc1cc(OC)c(O)c([C@@H]2C3=CCNC4=C3C(=C[C@]2(CO)Cc2ccc[nH]2)CCN4)c1. The van der Waals surface area contributed by atoms with Gasteiger partial charge in [-0.1, -0.05) is 50.8 Å².